The summed E-state index contributed by atoms with van der Waals surface area (Å²) in [7, 11) is -0.829. The van der Waals surface area contributed by atoms with Crippen LogP contribution >= 0.6 is 0 Å². The molecule has 0 amide bonds. The SMILES string of the molecule is CCC(C)n1ccc(CS(=O)CCCN)n1. The largest absolute Gasteiger partial charge is 0.330 e. The summed E-state index contributed by atoms with van der Waals surface area (Å²) in [5.74, 6) is 1.22. The van der Waals surface area contributed by atoms with Crippen molar-refractivity contribution < 1.29 is 4.21 Å². The summed E-state index contributed by atoms with van der Waals surface area (Å²) in [4.78, 5) is 0. The second-order valence-corrected chi connectivity index (χ2v) is 5.55. The van der Waals surface area contributed by atoms with E-state index in [9.17, 15) is 4.21 Å². The van der Waals surface area contributed by atoms with Crippen LogP contribution in [0, 0.1) is 0 Å². The lowest BCUT2D eigenvalue weighted by atomic mass is 10.3. The summed E-state index contributed by atoms with van der Waals surface area (Å²) < 4.78 is 13.6. The summed E-state index contributed by atoms with van der Waals surface area (Å²) in [6.07, 6.45) is 3.83. The number of hydrogen-bond acceptors (Lipinski definition) is 3. The summed E-state index contributed by atoms with van der Waals surface area (Å²) in [5.41, 5.74) is 6.29. The molecule has 0 spiro atoms. The topological polar surface area (TPSA) is 60.9 Å². The number of rotatable bonds is 7. The van der Waals surface area contributed by atoms with Gasteiger partial charge in [-0.05, 0) is 32.4 Å². The molecule has 1 aromatic heterocycles. The zero-order valence-corrected chi connectivity index (χ0v) is 10.9. The van der Waals surface area contributed by atoms with Crippen LogP contribution in [-0.4, -0.2) is 26.3 Å². The Bertz CT molecular complexity index is 338. The Morgan fingerprint density at radius 3 is 3.00 bits per heavy atom. The van der Waals surface area contributed by atoms with Crippen molar-refractivity contribution in [1.29, 1.82) is 0 Å². The molecule has 0 fully saturated rings. The molecule has 1 rings (SSSR count). The first kappa shape index (κ1) is 13.4. The highest BCUT2D eigenvalue weighted by molar-refractivity contribution is 7.84. The molecule has 2 atom stereocenters. The molecule has 92 valence electrons. The third-order valence-corrected chi connectivity index (χ3v) is 3.95. The van der Waals surface area contributed by atoms with Crippen LogP contribution in [0.1, 0.15) is 38.4 Å². The monoisotopic (exact) mass is 243 g/mol. The van der Waals surface area contributed by atoms with Crippen molar-refractivity contribution in [1.82, 2.24) is 9.78 Å². The molecular weight excluding hydrogens is 222 g/mol. The molecule has 0 radical (unpaired) electrons. The van der Waals surface area contributed by atoms with E-state index in [-0.39, 0.29) is 0 Å². The maximum atomic E-state index is 11.6. The fourth-order valence-electron chi connectivity index (χ4n) is 1.37. The predicted octanol–water partition coefficient (Wildman–Crippen LogP) is 1.45. The molecule has 0 aromatic carbocycles. The van der Waals surface area contributed by atoms with Gasteiger partial charge in [0.05, 0.1) is 11.4 Å². The van der Waals surface area contributed by atoms with Crippen molar-refractivity contribution in [3.8, 4) is 0 Å². The van der Waals surface area contributed by atoms with Gasteiger partial charge in [-0.3, -0.25) is 8.89 Å². The van der Waals surface area contributed by atoms with E-state index in [0.29, 0.717) is 24.1 Å². The van der Waals surface area contributed by atoms with E-state index in [4.69, 9.17) is 5.73 Å². The molecular formula is C11H21N3OS. The standard InChI is InChI=1S/C11H21N3OS/c1-3-10(2)14-7-5-11(13-14)9-16(15)8-4-6-12/h5,7,10H,3-4,6,8-9,12H2,1-2H3. The van der Waals surface area contributed by atoms with Gasteiger partial charge in [0.25, 0.3) is 0 Å². The molecule has 2 N–H and O–H groups in total. The smallest absolute Gasteiger partial charge is 0.0749 e. The van der Waals surface area contributed by atoms with Gasteiger partial charge in [-0.1, -0.05) is 6.92 Å². The minimum atomic E-state index is -0.829. The summed E-state index contributed by atoms with van der Waals surface area (Å²) in [6, 6.07) is 2.36. The van der Waals surface area contributed by atoms with Crippen molar-refractivity contribution in [2.75, 3.05) is 12.3 Å². The van der Waals surface area contributed by atoms with Crippen LogP contribution in [0.2, 0.25) is 0 Å². The van der Waals surface area contributed by atoms with E-state index in [0.717, 1.165) is 18.5 Å². The van der Waals surface area contributed by atoms with E-state index in [1.165, 1.54) is 0 Å². The van der Waals surface area contributed by atoms with E-state index >= 15 is 0 Å². The van der Waals surface area contributed by atoms with Gasteiger partial charge in [0.15, 0.2) is 0 Å². The zero-order chi connectivity index (χ0) is 12.0. The third-order valence-electron chi connectivity index (χ3n) is 2.59. The molecule has 0 bridgehead atoms. The van der Waals surface area contributed by atoms with Gasteiger partial charge in [0, 0.05) is 28.8 Å². The maximum absolute atomic E-state index is 11.6. The van der Waals surface area contributed by atoms with E-state index in [1.807, 2.05) is 16.9 Å². The first-order chi connectivity index (χ1) is 7.67. The Morgan fingerprint density at radius 1 is 1.62 bits per heavy atom. The molecule has 1 aromatic rings. The van der Waals surface area contributed by atoms with Crippen LogP contribution in [-0.2, 0) is 16.6 Å². The van der Waals surface area contributed by atoms with Gasteiger partial charge >= 0.3 is 0 Å². The molecule has 1 heterocycles. The predicted molar refractivity (Wildman–Crippen MR) is 67.6 cm³/mol. The van der Waals surface area contributed by atoms with E-state index in [1.54, 1.807) is 0 Å². The van der Waals surface area contributed by atoms with Gasteiger partial charge in [0.1, 0.15) is 0 Å². The van der Waals surface area contributed by atoms with Crippen molar-refractivity contribution >= 4 is 10.8 Å². The minimum absolute atomic E-state index is 0.409. The van der Waals surface area contributed by atoms with Gasteiger partial charge in [-0.15, -0.1) is 0 Å². The number of nitrogens with zero attached hydrogens (tertiary/aromatic N) is 2. The lowest BCUT2D eigenvalue weighted by Gasteiger charge is -2.08. The van der Waals surface area contributed by atoms with Crippen LogP contribution in [0.3, 0.4) is 0 Å². The van der Waals surface area contributed by atoms with Crippen LogP contribution < -0.4 is 5.73 Å². The molecule has 2 unspecified atom stereocenters. The second-order valence-electron chi connectivity index (χ2n) is 3.97. The first-order valence-corrected chi connectivity index (χ1v) is 7.25. The zero-order valence-electron chi connectivity index (χ0n) is 10.1. The lowest BCUT2D eigenvalue weighted by molar-refractivity contribution is 0.475. The molecule has 16 heavy (non-hydrogen) atoms. The van der Waals surface area contributed by atoms with Crippen LogP contribution in [0.5, 0.6) is 0 Å². The molecule has 0 aliphatic rings. The summed E-state index contributed by atoms with van der Waals surface area (Å²) in [6.45, 7) is 4.86. The maximum Gasteiger partial charge on any atom is 0.0749 e. The van der Waals surface area contributed by atoms with Crippen LogP contribution in [0.4, 0.5) is 0 Å². The number of aromatic nitrogens is 2. The second kappa shape index (κ2) is 6.81. The van der Waals surface area contributed by atoms with Crippen molar-refractivity contribution in [3.05, 3.63) is 18.0 Å². The molecule has 0 aliphatic carbocycles. The lowest BCUT2D eigenvalue weighted by Crippen LogP contribution is -2.09. The number of nitrogens with two attached hydrogens (primary N) is 1. The van der Waals surface area contributed by atoms with Gasteiger partial charge in [-0.2, -0.15) is 5.10 Å². The highest BCUT2D eigenvalue weighted by Crippen LogP contribution is 2.10. The van der Waals surface area contributed by atoms with E-state index in [2.05, 4.69) is 18.9 Å². The molecule has 5 heteroatoms. The molecule has 4 nitrogen and oxygen atoms in total. The summed E-state index contributed by atoms with van der Waals surface area (Å²) in [5, 5.41) is 4.42. The summed E-state index contributed by atoms with van der Waals surface area (Å²) >= 11 is 0. The van der Waals surface area contributed by atoms with Crippen molar-refractivity contribution in [2.24, 2.45) is 5.73 Å². The van der Waals surface area contributed by atoms with Crippen LogP contribution in [0.25, 0.3) is 0 Å². The molecule has 0 saturated carbocycles. The molecule has 0 aliphatic heterocycles. The average molecular weight is 243 g/mol. The Kier molecular flexibility index (Phi) is 5.69. The normalized spacial score (nSPS) is 14.9. The van der Waals surface area contributed by atoms with Crippen LogP contribution in [0.15, 0.2) is 12.3 Å². The van der Waals surface area contributed by atoms with Gasteiger partial charge in [-0.25, -0.2) is 0 Å². The Labute approximate surface area is 99.7 Å². The van der Waals surface area contributed by atoms with Crippen molar-refractivity contribution in [3.63, 3.8) is 0 Å². The van der Waals surface area contributed by atoms with Crippen molar-refractivity contribution in [2.45, 2.75) is 38.5 Å². The average Bonchev–Trinajstić information content (AvgIpc) is 2.73. The highest BCUT2D eigenvalue weighted by atomic mass is 32.2. The third kappa shape index (κ3) is 4.06. The van der Waals surface area contributed by atoms with E-state index < -0.39 is 10.8 Å². The fourth-order valence-corrected chi connectivity index (χ4v) is 2.49. The quantitative estimate of drug-likeness (QED) is 0.788. The Hall–Kier alpha value is -0.680. The minimum Gasteiger partial charge on any atom is -0.330 e. The van der Waals surface area contributed by atoms with Gasteiger partial charge in [0.2, 0.25) is 0 Å². The Morgan fingerprint density at radius 2 is 2.38 bits per heavy atom. The fraction of sp³-hybridized carbons (Fsp3) is 0.727. The number of hydrogen-bond donors (Lipinski definition) is 1. The van der Waals surface area contributed by atoms with Gasteiger partial charge < -0.3 is 5.73 Å². The molecule has 0 saturated heterocycles. The Balaban J connectivity index is 2.48. The highest BCUT2D eigenvalue weighted by Gasteiger charge is 2.07. The first-order valence-electron chi connectivity index (χ1n) is 5.76.